The molecule has 19 heavy (non-hydrogen) atoms. The van der Waals surface area contributed by atoms with Crippen LogP contribution in [-0.2, 0) is 6.42 Å². The van der Waals surface area contributed by atoms with Crippen LogP contribution in [0.5, 0.6) is 0 Å². The van der Waals surface area contributed by atoms with E-state index in [9.17, 15) is 0 Å². The summed E-state index contributed by atoms with van der Waals surface area (Å²) in [7, 11) is 0. The van der Waals surface area contributed by atoms with Crippen molar-refractivity contribution in [3.8, 4) is 0 Å². The number of hydrogen-bond donors (Lipinski definition) is 1. The molecule has 1 atom stereocenters. The first-order chi connectivity index (χ1) is 9.08. The molecule has 0 aliphatic carbocycles. The van der Waals surface area contributed by atoms with E-state index >= 15 is 0 Å². The van der Waals surface area contributed by atoms with Gasteiger partial charge >= 0.3 is 0 Å². The van der Waals surface area contributed by atoms with Crippen molar-refractivity contribution < 1.29 is 0 Å². The highest BCUT2D eigenvalue weighted by molar-refractivity contribution is 9.10. The molecule has 108 valence electrons. The molecule has 0 bridgehead atoms. The lowest BCUT2D eigenvalue weighted by Gasteiger charge is -2.27. The topological polar surface area (TPSA) is 12.0 Å². The SMILES string of the molecule is CCC(CC)C(CNC(C)C)Cc1ccccc1Br. The van der Waals surface area contributed by atoms with Gasteiger partial charge < -0.3 is 5.32 Å². The molecule has 1 unspecified atom stereocenters. The molecule has 2 heteroatoms. The fourth-order valence-electron chi connectivity index (χ4n) is 2.69. The van der Waals surface area contributed by atoms with Gasteiger partial charge in [-0.2, -0.15) is 0 Å². The van der Waals surface area contributed by atoms with Crippen LogP contribution in [0.4, 0.5) is 0 Å². The molecule has 0 spiro atoms. The van der Waals surface area contributed by atoms with Crippen molar-refractivity contribution in [1.29, 1.82) is 0 Å². The van der Waals surface area contributed by atoms with Crippen molar-refractivity contribution in [3.05, 3.63) is 34.3 Å². The lowest BCUT2D eigenvalue weighted by molar-refractivity contribution is 0.291. The van der Waals surface area contributed by atoms with Crippen LogP contribution in [0.3, 0.4) is 0 Å². The third-order valence-corrected chi connectivity index (χ3v) is 4.72. The van der Waals surface area contributed by atoms with Crippen LogP contribution in [0.25, 0.3) is 0 Å². The zero-order valence-corrected chi connectivity index (χ0v) is 14.3. The van der Waals surface area contributed by atoms with Gasteiger partial charge in [0.25, 0.3) is 0 Å². The summed E-state index contributed by atoms with van der Waals surface area (Å²) in [5, 5.41) is 3.62. The number of nitrogens with one attached hydrogen (secondary N) is 1. The van der Waals surface area contributed by atoms with Gasteiger partial charge in [-0.15, -0.1) is 0 Å². The first-order valence-corrected chi connectivity index (χ1v) is 8.34. The number of rotatable bonds is 8. The number of benzene rings is 1. The van der Waals surface area contributed by atoms with E-state index in [-0.39, 0.29) is 0 Å². The third kappa shape index (κ3) is 5.66. The third-order valence-electron chi connectivity index (χ3n) is 3.94. The Balaban J connectivity index is 2.75. The highest BCUT2D eigenvalue weighted by Gasteiger charge is 2.19. The van der Waals surface area contributed by atoms with Gasteiger partial charge in [0.05, 0.1) is 0 Å². The molecule has 0 aromatic heterocycles. The average molecular weight is 326 g/mol. The van der Waals surface area contributed by atoms with Gasteiger partial charge in [-0.25, -0.2) is 0 Å². The zero-order chi connectivity index (χ0) is 14.3. The summed E-state index contributed by atoms with van der Waals surface area (Å²) in [5.74, 6) is 1.52. The molecule has 1 aromatic rings. The monoisotopic (exact) mass is 325 g/mol. The van der Waals surface area contributed by atoms with E-state index in [1.807, 2.05) is 0 Å². The average Bonchev–Trinajstić information content (AvgIpc) is 2.39. The molecule has 0 heterocycles. The molecular formula is C17H28BrN. The predicted molar refractivity (Wildman–Crippen MR) is 88.5 cm³/mol. The van der Waals surface area contributed by atoms with E-state index < -0.39 is 0 Å². The largest absolute Gasteiger partial charge is 0.314 e. The minimum Gasteiger partial charge on any atom is -0.314 e. The van der Waals surface area contributed by atoms with Gasteiger partial charge in [0.2, 0.25) is 0 Å². The lowest BCUT2D eigenvalue weighted by Crippen LogP contribution is -2.33. The van der Waals surface area contributed by atoms with E-state index in [2.05, 4.69) is 73.2 Å². The molecule has 0 saturated heterocycles. The van der Waals surface area contributed by atoms with Crippen LogP contribution in [0.1, 0.15) is 46.1 Å². The van der Waals surface area contributed by atoms with Gasteiger partial charge in [0.1, 0.15) is 0 Å². The predicted octanol–water partition coefficient (Wildman–Crippen LogP) is 5.04. The van der Waals surface area contributed by atoms with Crippen molar-refractivity contribution in [2.45, 2.75) is 53.0 Å². The second kappa shape index (κ2) is 8.76. The van der Waals surface area contributed by atoms with Crippen molar-refractivity contribution in [3.63, 3.8) is 0 Å². The van der Waals surface area contributed by atoms with Crippen LogP contribution in [0.15, 0.2) is 28.7 Å². The molecule has 0 amide bonds. The summed E-state index contributed by atoms with van der Waals surface area (Å²) in [6.45, 7) is 10.2. The summed E-state index contributed by atoms with van der Waals surface area (Å²) >= 11 is 3.68. The maximum Gasteiger partial charge on any atom is 0.0207 e. The minimum absolute atomic E-state index is 0.566. The number of halogens is 1. The fraction of sp³-hybridized carbons (Fsp3) is 0.647. The van der Waals surface area contributed by atoms with E-state index in [1.165, 1.54) is 22.9 Å². The van der Waals surface area contributed by atoms with Crippen molar-refractivity contribution >= 4 is 15.9 Å². The molecule has 0 aliphatic heterocycles. The fourth-order valence-corrected chi connectivity index (χ4v) is 3.14. The van der Waals surface area contributed by atoms with Crippen LogP contribution in [0.2, 0.25) is 0 Å². The molecule has 0 aliphatic rings. The molecular weight excluding hydrogens is 298 g/mol. The molecule has 1 rings (SSSR count). The Kier molecular flexibility index (Phi) is 7.70. The standard InChI is InChI=1S/C17H28BrN/c1-5-14(6-2)16(12-19-13(3)4)11-15-9-7-8-10-17(15)18/h7-10,13-14,16,19H,5-6,11-12H2,1-4H3. The molecule has 0 radical (unpaired) electrons. The van der Waals surface area contributed by atoms with Crippen LogP contribution >= 0.6 is 15.9 Å². The molecule has 0 fully saturated rings. The summed E-state index contributed by atoms with van der Waals surface area (Å²) in [4.78, 5) is 0. The van der Waals surface area contributed by atoms with Gasteiger partial charge in [-0.1, -0.05) is 74.7 Å². The second-order valence-electron chi connectivity index (χ2n) is 5.70. The van der Waals surface area contributed by atoms with Gasteiger partial charge in [-0.05, 0) is 36.4 Å². The summed E-state index contributed by atoms with van der Waals surface area (Å²) < 4.78 is 1.25. The molecule has 1 N–H and O–H groups in total. The molecule has 1 nitrogen and oxygen atoms in total. The maximum absolute atomic E-state index is 3.68. The normalized spacial score (nSPS) is 13.2. The van der Waals surface area contributed by atoms with Crippen LogP contribution in [0, 0.1) is 11.8 Å². The van der Waals surface area contributed by atoms with Crippen molar-refractivity contribution in [2.24, 2.45) is 11.8 Å². The molecule has 0 saturated carbocycles. The Morgan fingerprint density at radius 2 is 1.68 bits per heavy atom. The van der Waals surface area contributed by atoms with Crippen LogP contribution < -0.4 is 5.32 Å². The lowest BCUT2D eigenvalue weighted by atomic mass is 9.83. The molecule has 1 aromatic carbocycles. The first-order valence-electron chi connectivity index (χ1n) is 7.55. The number of hydrogen-bond acceptors (Lipinski definition) is 1. The minimum atomic E-state index is 0.566. The van der Waals surface area contributed by atoms with Gasteiger partial charge in [0.15, 0.2) is 0 Å². The van der Waals surface area contributed by atoms with E-state index in [4.69, 9.17) is 0 Å². The maximum atomic E-state index is 3.68. The van der Waals surface area contributed by atoms with Crippen molar-refractivity contribution in [1.82, 2.24) is 5.32 Å². The van der Waals surface area contributed by atoms with Crippen LogP contribution in [-0.4, -0.2) is 12.6 Å². The van der Waals surface area contributed by atoms with E-state index in [1.54, 1.807) is 0 Å². The van der Waals surface area contributed by atoms with Crippen molar-refractivity contribution in [2.75, 3.05) is 6.54 Å². The van der Waals surface area contributed by atoms with E-state index in [0.29, 0.717) is 6.04 Å². The highest BCUT2D eigenvalue weighted by atomic mass is 79.9. The zero-order valence-electron chi connectivity index (χ0n) is 12.7. The first kappa shape index (κ1) is 16.7. The van der Waals surface area contributed by atoms with E-state index in [0.717, 1.165) is 24.8 Å². The Morgan fingerprint density at radius 1 is 1.05 bits per heavy atom. The smallest absolute Gasteiger partial charge is 0.0207 e. The highest BCUT2D eigenvalue weighted by Crippen LogP contribution is 2.26. The summed E-state index contributed by atoms with van der Waals surface area (Å²) in [6, 6.07) is 9.19. The Bertz CT molecular complexity index is 358. The Hall–Kier alpha value is -0.340. The Morgan fingerprint density at radius 3 is 2.21 bits per heavy atom. The quantitative estimate of drug-likeness (QED) is 0.705. The summed E-state index contributed by atoms with van der Waals surface area (Å²) in [5.41, 5.74) is 1.44. The second-order valence-corrected chi connectivity index (χ2v) is 6.55. The Labute approximate surface area is 127 Å². The summed E-state index contributed by atoms with van der Waals surface area (Å²) in [6.07, 6.45) is 3.70. The van der Waals surface area contributed by atoms with Gasteiger partial charge in [0, 0.05) is 10.5 Å². The van der Waals surface area contributed by atoms with Gasteiger partial charge in [-0.3, -0.25) is 0 Å².